The van der Waals surface area contributed by atoms with E-state index in [1.165, 1.54) is 0 Å². The van der Waals surface area contributed by atoms with Crippen LogP contribution < -0.4 is 0 Å². The largest absolute Gasteiger partial charge is 0.506 e. The lowest BCUT2D eigenvalue weighted by Crippen LogP contribution is -2.32. The first-order chi connectivity index (χ1) is 9.57. The maximum Gasteiger partial charge on any atom is 0.133 e. The molecule has 20 heavy (non-hydrogen) atoms. The van der Waals surface area contributed by atoms with Crippen LogP contribution in [0.3, 0.4) is 0 Å². The van der Waals surface area contributed by atoms with Crippen LogP contribution in [0.15, 0.2) is 47.2 Å². The Hall–Kier alpha value is -1.26. The van der Waals surface area contributed by atoms with E-state index in [1.54, 1.807) is 12.3 Å². The molecule has 3 nitrogen and oxygen atoms in total. The SMILES string of the molecule is Oc1ccn(C2CCC(O)(c3cccc(Br)c3)CC2)c1. The predicted octanol–water partition coefficient (Wildman–Crippen LogP) is 3.96. The third-order valence-electron chi connectivity index (χ3n) is 4.26. The van der Waals surface area contributed by atoms with Crippen molar-refractivity contribution in [1.29, 1.82) is 0 Å². The van der Waals surface area contributed by atoms with Gasteiger partial charge in [0.05, 0.1) is 5.60 Å². The highest BCUT2D eigenvalue weighted by molar-refractivity contribution is 9.10. The number of nitrogens with zero attached hydrogens (tertiary/aromatic N) is 1. The molecule has 2 N–H and O–H groups in total. The topological polar surface area (TPSA) is 45.4 Å². The Kier molecular flexibility index (Phi) is 3.61. The molecule has 0 spiro atoms. The van der Waals surface area contributed by atoms with Crippen LogP contribution >= 0.6 is 15.9 Å². The van der Waals surface area contributed by atoms with Crippen LogP contribution in [0.25, 0.3) is 0 Å². The van der Waals surface area contributed by atoms with Crippen LogP contribution in [0.2, 0.25) is 0 Å². The Balaban J connectivity index is 1.74. The molecule has 0 amide bonds. The summed E-state index contributed by atoms with van der Waals surface area (Å²) in [6.45, 7) is 0. The van der Waals surface area contributed by atoms with E-state index in [2.05, 4.69) is 20.5 Å². The van der Waals surface area contributed by atoms with Crippen LogP contribution in [0.5, 0.6) is 5.75 Å². The number of benzene rings is 1. The van der Waals surface area contributed by atoms with Crippen LogP contribution in [-0.4, -0.2) is 14.8 Å². The molecule has 106 valence electrons. The molecule has 0 radical (unpaired) electrons. The summed E-state index contributed by atoms with van der Waals surface area (Å²) in [7, 11) is 0. The van der Waals surface area contributed by atoms with Gasteiger partial charge in [-0.1, -0.05) is 28.1 Å². The zero-order chi connectivity index (χ0) is 14.2. The molecule has 0 atom stereocenters. The van der Waals surface area contributed by atoms with Gasteiger partial charge in [-0.05, 0) is 49.4 Å². The van der Waals surface area contributed by atoms with E-state index < -0.39 is 5.60 Å². The molecule has 1 aliphatic rings. The van der Waals surface area contributed by atoms with Crippen LogP contribution in [-0.2, 0) is 5.60 Å². The van der Waals surface area contributed by atoms with E-state index in [0.29, 0.717) is 11.8 Å². The third-order valence-corrected chi connectivity index (χ3v) is 4.76. The van der Waals surface area contributed by atoms with Gasteiger partial charge < -0.3 is 14.8 Å². The summed E-state index contributed by atoms with van der Waals surface area (Å²) in [4.78, 5) is 0. The van der Waals surface area contributed by atoms with Crippen molar-refractivity contribution in [2.75, 3.05) is 0 Å². The van der Waals surface area contributed by atoms with E-state index in [9.17, 15) is 10.2 Å². The first-order valence-corrected chi connectivity index (χ1v) is 7.71. The Morgan fingerprint density at radius 1 is 1.20 bits per heavy atom. The lowest BCUT2D eigenvalue weighted by atomic mass is 9.78. The van der Waals surface area contributed by atoms with Gasteiger partial charge in [-0.15, -0.1) is 0 Å². The van der Waals surface area contributed by atoms with E-state index in [-0.39, 0.29) is 0 Å². The maximum absolute atomic E-state index is 10.9. The predicted molar refractivity (Wildman–Crippen MR) is 81.6 cm³/mol. The summed E-state index contributed by atoms with van der Waals surface area (Å²) >= 11 is 3.46. The van der Waals surface area contributed by atoms with Crippen LogP contribution in [0.4, 0.5) is 0 Å². The van der Waals surface area contributed by atoms with E-state index in [4.69, 9.17) is 0 Å². The van der Waals surface area contributed by atoms with Crippen molar-refractivity contribution in [2.24, 2.45) is 0 Å². The average molecular weight is 336 g/mol. The maximum atomic E-state index is 10.9. The molecule has 0 saturated heterocycles. The average Bonchev–Trinajstić information content (AvgIpc) is 2.86. The van der Waals surface area contributed by atoms with Crippen molar-refractivity contribution >= 4 is 15.9 Å². The number of aromatic hydroxyl groups is 1. The van der Waals surface area contributed by atoms with Crippen molar-refractivity contribution in [3.8, 4) is 5.75 Å². The number of rotatable bonds is 2. The monoisotopic (exact) mass is 335 g/mol. The number of hydrogen-bond donors (Lipinski definition) is 2. The molecule has 1 fully saturated rings. The summed E-state index contributed by atoms with van der Waals surface area (Å²) in [6.07, 6.45) is 6.98. The minimum absolute atomic E-state index is 0.304. The lowest BCUT2D eigenvalue weighted by molar-refractivity contribution is -0.0123. The molecule has 1 heterocycles. The Morgan fingerprint density at radius 3 is 2.55 bits per heavy atom. The van der Waals surface area contributed by atoms with Gasteiger partial charge in [0.1, 0.15) is 5.75 Å². The normalized spacial score (nSPS) is 26.6. The molecule has 4 heteroatoms. The second kappa shape index (κ2) is 5.26. The highest BCUT2D eigenvalue weighted by atomic mass is 79.9. The lowest BCUT2D eigenvalue weighted by Gasteiger charge is -2.37. The van der Waals surface area contributed by atoms with Gasteiger partial charge in [-0.3, -0.25) is 0 Å². The fourth-order valence-electron chi connectivity index (χ4n) is 3.07. The standard InChI is InChI=1S/C16H18BrNO2/c17-13-3-1-2-12(10-13)16(20)7-4-14(5-8-16)18-9-6-15(19)11-18/h1-3,6,9-11,14,19-20H,4-5,7-8H2. The minimum atomic E-state index is -0.727. The Morgan fingerprint density at radius 2 is 1.95 bits per heavy atom. The summed E-state index contributed by atoms with van der Waals surface area (Å²) in [6, 6.07) is 10.0. The Bertz CT molecular complexity index is 600. The third kappa shape index (κ3) is 2.63. The molecule has 1 saturated carbocycles. The van der Waals surface area contributed by atoms with Gasteiger partial charge in [0.15, 0.2) is 0 Å². The van der Waals surface area contributed by atoms with Gasteiger partial charge in [-0.25, -0.2) is 0 Å². The van der Waals surface area contributed by atoms with E-state index >= 15 is 0 Å². The Labute approximate surface area is 127 Å². The van der Waals surface area contributed by atoms with Gasteiger partial charge in [0, 0.05) is 22.9 Å². The van der Waals surface area contributed by atoms with Crippen molar-refractivity contribution in [1.82, 2.24) is 4.57 Å². The molecule has 0 unspecified atom stereocenters. The van der Waals surface area contributed by atoms with Crippen molar-refractivity contribution < 1.29 is 10.2 Å². The molecular weight excluding hydrogens is 318 g/mol. The quantitative estimate of drug-likeness (QED) is 0.872. The number of aliphatic hydroxyl groups is 1. The van der Waals surface area contributed by atoms with Gasteiger partial charge in [0.2, 0.25) is 0 Å². The first-order valence-electron chi connectivity index (χ1n) is 6.92. The van der Waals surface area contributed by atoms with Gasteiger partial charge in [-0.2, -0.15) is 0 Å². The molecule has 0 bridgehead atoms. The van der Waals surface area contributed by atoms with Crippen LogP contribution in [0.1, 0.15) is 37.3 Å². The number of aromatic nitrogens is 1. The van der Waals surface area contributed by atoms with Gasteiger partial charge in [0.25, 0.3) is 0 Å². The highest BCUT2D eigenvalue weighted by Gasteiger charge is 2.35. The highest BCUT2D eigenvalue weighted by Crippen LogP contribution is 2.42. The van der Waals surface area contributed by atoms with E-state index in [1.807, 2.05) is 30.5 Å². The molecule has 1 aromatic carbocycles. The summed E-state index contributed by atoms with van der Waals surface area (Å²) in [5.41, 5.74) is 0.260. The van der Waals surface area contributed by atoms with E-state index in [0.717, 1.165) is 35.7 Å². The molecule has 0 aliphatic heterocycles. The fourth-order valence-corrected chi connectivity index (χ4v) is 3.47. The first kappa shape index (κ1) is 13.7. The van der Waals surface area contributed by atoms with Gasteiger partial charge >= 0.3 is 0 Å². The molecular formula is C16H18BrNO2. The smallest absolute Gasteiger partial charge is 0.133 e. The molecule has 1 aliphatic carbocycles. The number of halogens is 1. The molecule has 3 rings (SSSR count). The van der Waals surface area contributed by atoms with Crippen molar-refractivity contribution in [3.63, 3.8) is 0 Å². The number of hydrogen-bond acceptors (Lipinski definition) is 2. The van der Waals surface area contributed by atoms with Crippen LogP contribution in [0, 0.1) is 0 Å². The summed E-state index contributed by atoms with van der Waals surface area (Å²) < 4.78 is 3.05. The second-order valence-electron chi connectivity index (χ2n) is 5.59. The van der Waals surface area contributed by atoms with Crippen molar-refractivity contribution in [2.45, 2.75) is 37.3 Å². The summed E-state index contributed by atoms with van der Waals surface area (Å²) in [5, 5.41) is 20.3. The second-order valence-corrected chi connectivity index (χ2v) is 6.51. The minimum Gasteiger partial charge on any atom is -0.506 e. The molecule has 2 aromatic rings. The zero-order valence-electron chi connectivity index (χ0n) is 11.2. The van der Waals surface area contributed by atoms with Crippen molar-refractivity contribution in [3.05, 3.63) is 52.8 Å². The fraction of sp³-hybridized carbons (Fsp3) is 0.375. The zero-order valence-corrected chi connectivity index (χ0v) is 12.8. The molecule has 1 aromatic heterocycles. The summed E-state index contributed by atoms with van der Waals surface area (Å²) in [5.74, 6) is 0.304.